The van der Waals surface area contributed by atoms with Gasteiger partial charge in [-0.25, -0.2) is 0 Å². The fourth-order valence-electron chi connectivity index (χ4n) is 0.919. The quantitative estimate of drug-likeness (QED) is 0.722. The van der Waals surface area contributed by atoms with Crippen LogP contribution < -0.4 is 5.73 Å². The monoisotopic (exact) mass is 169 g/mol. The van der Waals surface area contributed by atoms with Crippen LogP contribution in [0.25, 0.3) is 6.08 Å². The van der Waals surface area contributed by atoms with Crippen molar-refractivity contribution in [3.63, 3.8) is 0 Å². The summed E-state index contributed by atoms with van der Waals surface area (Å²) in [6, 6.07) is 7.98. The van der Waals surface area contributed by atoms with Crippen LogP contribution in [0.15, 0.2) is 30.8 Å². The predicted molar refractivity (Wildman–Crippen MR) is 51.7 cm³/mol. The molecule has 1 nitrogen and oxygen atoms in total. The Balaban J connectivity index is 0.000001000. The van der Waals surface area contributed by atoms with E-state index in [0.29, 0.717) is 6.54 Å². The van der Waals surface area contributed by atoms with E-state index in [4.69, 9.17) is 5.73 Å². The zero-order valence-corrected chi connectivity index (χ0v) is 7.10. The molecule has 1 rings (SSSR count). The Hall–Kier alpha value is -0.790. The van der Waals surface area contributed by atoms with Gasteiger partial charge in [-0.3, -0.25) is 0 Å². The minimum Gasteiger partial charge on any atom is -0.326 e. The van der Waals surface area contributed by atoms with Gasteiger partial charge in [-0.2, -0.15) is 0 Å². The molecule has 0 saturated heterocycles. The Morgan fingerprint density at radius 1 is 1.36 bits per heavy atom. The fraction of sp³-hybridized carbons (Fsp3) is 0.111. The first-order valence-electron chi connectivity index (χ1n) is 3.29. The van der Waals surface area contributed by atoms with Crippen LogP contribution in [0.2, 0.25) is 0 Å². The van der Waals surface area contributed by atoms with Crippen LogP contribution in [-0.2, 0) is 6.54 Å². The SMILES string of the molecule is C=Cc1ccccc1CN.Cl. The van der Waals surface area contributed by atoms with E-state index in [9.17, 15) is 0 Å². The smallest absolute Gasteiger partial charge is 0.0184 e. The minimum atomic E-state index is 0. The third-order valence-electron chi connectivity index (χ3n) is 1.49. The second-order valence-corrected chi connectivity index (χ2v) is 2.11. The summed E-state index contributed by atoms with van der Waals surface area (Å²) in [6.45, 7) is 4.27. The van der Waals surface area contributed by atoms with Gasteiger partial charge in [-0.05, 0) is 11.1 Å². The molecule has 1 aromatic rings. The third-order valence-corrected chi connectivity index (χ3v) is 1.49. The molecule has 0 unspecified atom stereocenters. The van der Waals surface area contributed by atoms with Gasteiger partial charge in [-0.1, -0.05) is 36.9 Å². The highest BCUT2D eigenvalue weighted by molar-refractivity contribution is 5.85. The summed E-state index contributed by atoms with van der Waals surface area (Å²) in [5, 5.41) is 0. The average Bonchev–Trinajstić information content (AvgIpc) is 2.04. The van der Waals surface area contributed by atoms with Crippen molar-refractivity contribution >= 4 is 18.5 Å². The molecule has 0 heterocycles. The van der Waals surface area contributed by atoms with Gasteiger partial charge in [0.15, 0.2) is 0 Å². The second-order valence-electron chi connectivity index (χ2n) is 2.11. The minimum absolute atomic E-state index is 0. The summed E-state index contributed by atoms with van der Waals surface area (Å²) in [5.41, 5.74) is 7.76. The lowest BCUT2D eigenvalue weighted by molar-refractivity contribution is 1.07. The summed E-state index contributed by atoms with van der Waals surface area (Å²) in [4.78, 5) is 0. The van der Waals surface area contributed by atoms with E-state index in [0.717, 1.165) is 11.1 Å². The van der Waals surface area contributed by atoms with Gasteiger partial charge in [0.2, 0.25) is 0 Å². The number of benzene rings is 1. The third kappa shape index (κ3) is 2.37. The van der Waals surface area contributed by atoms with Crippen LogP contribution in [-0.4, -0.2) is 0 Å². The number of hydrogen-bond donors (Lipinski definition) is 1. The molecule has 0 aliphatic heterocycles. The van der Waals surface area contributed by atoms with Crippen molar-refractivity contribution in [3.8, 4) is 0 Å². The van der Waals surface area contributed by atoms with E-state index < -0.39 is 0 Å². The molecule has 0 atom stereocenters. The van der Waals surface area contributed by atoms with Crippen LogP contribution in [0, 0.1) is 0 Å². The summed E-state index contributed by atoms with van der Waals surface area (Å²) in [6.07, 6.45) is 1.82. The Bertz CT molecular complexity index is 233. The summed E-state index contributed by atoms with van der Waals surface area (Å²) >= 11 is 0. The molecule has 60 valence electrons. The normalized spacial score (nSPS) is 8.45. The first-order chi connectivity index (χ1) is 4.88. The van der Waals surface area contributed by atoms with Crippen molar-refractivity contribution < 1.29 is 0 Å². The maximum Gasteiger partial charge on any atom is 0.0184 e. The molecule has 0 aliphatic rings. The standard InChI is InChI=1S/C9H11N.ClH/c1-2-8-5-3-4-6-9(8)7-10;/h2-6H,1,7,10H2;1H. The molecule has 0 saturated carbocycles. The molecule has 1 aromatic carbocycles. The molecule has 11 heavy (non-hydrogen) atoms. The van der Waals surface area contributed by atoms with Gasteiger partial charge < -0.3 is 5.73 Å². The van der Waals surface area contributed by atoms with Gasteiger partial charge in [0, 0.05) is 6.54 Å². The Labute approximate surface area is 73.3 Å². The van der Waals surface area contributed by atoms with Crippen molar-refractivity contribution in [2.24, 2.45) is 5.73 Å². The van der Waals surface area contributed by atoms with Crippen molar-refractivity contribution in [3.05, 3.63) is 42.0 Å². The number of rotatable bonds is 2. The van der Waals surface area contributed by atoms with E-state index in [-0.39, 0.29) is 12.4 Å². The number of halogens is 1. The van der Waals surface area contributed by atoms with Crippen LogP contribution in [0.1, 0.15) is 11.1 Å². The second kappa shape index (κ2) is 4.94. The van der Waals surface area contributed by atoms with Crippen molar-refractivity contribution in [2.45, 2.75) is 6.54 Å². The molecule has 0 fully saturated rings. The molecule has 2 heteroatoms. The highest BCUT2D eigenvalue weighted by atomic mass is 35.5. The van der Waals surface area contributed by atoms with E-state index in [2.05, 4.69) is 6.58 Å². The van der Waals surface area contributed by atoms with Gasteiger partial charge in [0.25, 0.3) is 0 Å². The van der Waals surface area contributed by atoms with Crippen molar-refractivity contribution in [1.29, 1.82) is 0 Å². The average molecular weight is 170 g/mol. The Kier molecular flexibility index (Phi) is 4.59. The van der Waals surface area contributed by atoms with E-state index in [1.807, 2.05) is 30.3 Å². The molecule has 0 aromatic heterocycles. The highest BCUT2D eigenvalue weighted by Gasteiger charge is 1.92. The maximum absolute atomic E-state index is 5.48. The van der Waals surface area contributed by atoms with Crippen molar-refractivity contribution in [1.82, 2.24) is 0 Å². The van der Waals surface area contributed by atoms with Gasteiger partial charge >= 0.3 is 0 Å². The van der Waals surface area contributed by atoms with Crippen molar-refractivity contribution in [2.75, 3.05) is 0 Å². The van der Waals surface area contributed by atoms with Crippen LogP contribution in [0.4, 0.5) is 0 Å². The highest BCUT2D eigenvalue weighted by Crippen LogP contribution is 2.07. The lowest BCUT2D eigenvalue weighted by Crippen LogP contribution is -1.97. The first-order valence-corrected chi connectivity index (χ1v) is 3.29. The molecule has 0 spiro atoms. The molecular weight excluding hydrogens is 158 g/mol. The van der Waals surface area contributed by atoms with Gasteiger partial charge in [0.1, 0.15) is 0 Å². The molecular formula is C9H12ClN. The molecule has 0 aliphatic carbocycles. The van der Waals surface area contributed by atoms with E-state index >= 15 is 0 Å². The summed E-state index contributed by atoms with van der Waals surface area (Å²) in [7, 11) is 0. The molecule has 2 N–H and O–H groups in total. The number of hydrogen-bond acceptors (Lipinski definition) is 1. The first kappa shape index (κ1) is 10.2. The topological polar surface area (TPSA) is 26.0 Å². The molecule has 0 radical (unpaired) electrons. The van der Waals surface area contributed by atoms with E-state index in [1.165, 1.54) is 0 Å². The zero-order valence-electron chi connectivity index (χ0n) is 6.29. The van der Waals surface area contributed by atoms with Gasteiger partial charge in [-0.15, -0.1) is 12.4 Å². The summed E-state index contributed by atoms with van der Waals surface area (Å²) < 4.78 is 0. The fourth-order valence-corrected chi connectivity index (χ4v) is 0.919. The molecule has 0 bridgehead atoms. The zero-order chi connectivity index (χ0) is 7.40. The Morgan fingerprint density at radius 3 is 2.45 bits per heavy atom. The van der Waals surface area contributed by atoms with Crippen LogP contribution >= 0.6 is 12.4 Å². The van der Waals surface area contributed by atoms with Crippen LogP contribution in [0.5, 0.6) is 0 Å². The van der Waals surface area contributed by atoms with Gasteiger partial charge in [0.05, 0.1) is 0 Å². The Morgan fingerprint density at radius 2 is 2.00 bits per heavy atom. The van der Waals surface area contributed by atoms with E-state index in [1.54, 1.807) is 0 Å². The largest absolute Gasteiger partial charge is 0.326 e. The number of nitrogens with two attached hydrogens (primary N) is 1. The summed E-state index contributed by atoms with van der Waals surface area (Å²) in [5.74, 6) is 0. The lowest BCUT2D eigenvalue weighted by atomic mass is 10.1. The maximum atomic E-state index is 5.48. The predicted octanol–water partition coefficient (Wildman–Crippen LogP) is 2.21. The molecule has 0 amide bonds. The van der Waals surface area contributed by atoms with Crippen LogP contribution in [0.3, 0.4) is 0 Å². The lowest BCUT2D eigenvalue weighted by Gasteiger charge is -1.99.